The Kier molecular flexibility index (Phi) is 3.91. The lowest BCUT2D eigenvalue weighted by Crippen LogP contribution is -2.33. The van der Waals surface area contributed by atoms with Gasteiger partial charge in [-0.15, -0.1) is 0 Å². The van der Waals surface area contributed by atoms with Crippen LogP contribution in [0.1, 0.15) is 12.3 Å². The Morgan fingerprint density at radius 2 is 2.05 bits per heavy atom. The molecule has 102 valence electrons. The van der Waals surface area contributed by atoms with E-state index in [2.05, 4.69) is 10.1 Å². The number of hydrogen-bond acceptors (Lipinski definition) is 5. The molecule has 0 aromatic carbocycles. The molecule has 0 amide bonds. The van der Waals surface area contributed by atoms with Gasteiger partial charge in [-0.05, 0) is 0 Å². The molecule has 0 fully saturated rings. The molecule has 0 atom stereocenters. The molecule has 0 aliphatic carbocycles. The van der Waals surface area contributed by atoms with Crippen LogP contribution in [0.25, 0.3) is 11.4 Å². The third kappa shape index (κ3) is 4.11. The summed E-state index contributed by atoms with van der Waals surface area (Å²) in [7, 11) is -3.89. The van der Waals surface area contributed by atoms with Gasteiger partial charge in [0, 0.05) is 31.0 Å². The third-order valence-electron chi connectivity index (χ3n) is 2.50. The van der Waals surface area contributed by atoms with Gasteiger partial charge in [0.2, 0.25) is 11.7 Å². The minimum Gasteiger partial charge on any atom is -0.339 e. The predicted molar refractivity (Wildman–Crippen MR) is 65.7 cm³/mol. The largest absolute Gasteiger partial charge is 0.339 e. The average molecular weight is 284 g/mol. The Bertz CT molecular complexity index is 649. The maximum absolute atomic E-state index is 10.6. The maximum atomic E-state index is 10.6. The van der Waals surface area contributed by atoms with Crippen LogP contribution in [0, 0.1) is 6.92 Å². The van der Waals surface area contributed by atoms with E-state index in [1.165, 1.54) is 0 Å². The molecular weight excluding hydrogens is 270 g/mol. The minimum absolute atomic E-state index is 0.244. The molecule has 0 aliphatic heterocycles. The second-order valence-electron chi connectivity index (χ2n) is 4.10. The average Bonchev–Trinajstić information content (AvgIpc) is 2.75. The summed E-state index contributed by atoms with van der Waals surface area (Å²) in [5.41, 5.74) is 0.822. The first-order chi connectivity index (χ1) is 8.94. The Balaban J connectivity index is 1.99. The second kappa shape index (κ2) is 5.45. The molecule has 0 bridgehead atoms. The fourth-order valence-electron chi connectivity index (χ4n) is 1.60. The van der Waals surface area contributed by atoms with Crippen LogP contribution in [0.2, 0.25) is 0 Å². The molecule has 2 aromatic heterocycles. The lowest BCUT2D eigenvalue weighted by atomic mass is 10.2. The Labute approximate surface area is 110 Å². The summed E-state index contributed by atoms with van der Waals surface area (Å²) in [5, 5.41) is 3.80. The molecule has 2 rings (SSSR count). The van der Waals surface area contributed by atoms with E-state index in [0.29, 0.717) is 24.7 Å². The molecule has 0 aliphatic rings. The zero-order chi connectivity index (χ0) is 13.9. The Morgan fingerprint density at radius 3 is 2.58 bits per heavy atom. The van der Waals surface area contributed by atoms with Crippen molar-refractivity contribution in [1.29, 1.82) is 0 Å². The van der Waals surface area contributed by atoms with Gasteiger partial charge in [0.05, 0.1) is 5.75 Å². The van der Waals surface area contributed by atoms with Crippen LogP contribution in [-0.2, 0) is 16.7 Å². The molecule has 1 N–H and O–H groups in total. The van der Waals surface area contributed by atoms with Gasteiger partial charge in [-0.1, -0.05) is 5.16 Å². The van der Waals surface area contributed by atoms with Gasteiger partial charge in [-0.3, -0.25) is 4.55 Å². The SMILES string of the molecule is Cc1nc(-c2cc[n+](CCCS(=O)(=O)O)cc2)no1. The summed E-state index contributed by atoms with van der Waals surface area (Å²) >= 11 is 0. The standard InChI is InChI=1S/C11H13N3O4S/c1-9-12-11(13-18-9)10-3-6-14(7-4-10)5-2-8-19(15,16)17/h3-4,6-7H,2,5,8H2,1H3/p+1. The predicted octanol–water partition coefficient (Wildman–Crippen LogP) is 0.610. The molecule has 0 unspecified atom stereocenters. The van der Waals surface area contributed by atoms with Gasteiger partial charge in [-0.2, -0.15) is 13.4 Å². The van der Waals surface area contributed by atoms with Crippen LogP contribution < -0.4 is 4.57 Å². The van der Waals surface area contributed by atoms with Gasteiger partial charge < -0.3 is 4.52 Å². The highest BCUT2D eigenvalue weighted by Gasteiger charge is 2.10. The van der Waals surface area contributed by atoms with Gasteiger partial charge in [0.25, 0.3) is 10.1 Å². The number of aryl methyl sites for hydroxylation is 2. The van der Waals surface area contributed by atoms with Gasteiger partial charge in [-0.25, -0.2) is 4.57 Å². The van der Waals surface area contributed by atoms with Crippen LogP contribution in [0.3, 0.4) is 0 Å². The first kappa shape index (κ1) is 13.6. The van der Waals surface area contributed by atoms with Crippen LogP contribution >= 0.6 is 0 Å². The third-order valence-corrected chi connectivity index (χ3v) is 3.30. The second-order valence-corrected chi connectivity index (χ2v) is 5.67. The normalized spacial score (nSPS) is 11.7. The highest BCUT2D eigenvalue weighted by molar-refractivity contribution is 7.85. The van der Waals surface area contributed by atoms with Gasteiger partial charge in [0.1, 0.15) is 6.54 Å². The van der Waals surface area contributed by atoms with Gasteiger partial charge >= 0.3 is 0 Å². The van der Waals surface area contributed by atoms with Crippen molar-refractivity contribution in [2.45, 2.75) is 19.9 Å². The van der Waals surface area contributed by atoms with Crippen LogP contribution in [0.4, 0.5) is 0 Å². The lowest BCUT2D eigenvalue weighted by molar-refractivity contribution is -0.696. The Morgan fingerprint density at radius 1 is 1.37 bits per heavy atom. The molecule has 2 aromatic rings. The first-order valence-electron chi connectivity index (χ1n) is 5.69. The summed E-state index contributed by atoms with van der Waals surface area (Å²) in [4.78, 5) is 4.11. The van der Waals surface area contributed by atoms with Crippen LogP contribution in [0.15, 0.2) is 29.0 Å². The summed E-state index contributed by atoms with van der Waals surface area (Å²) < 4.78 is 36.5. The van der Waals surface area contributed by atoms with E-state index in [4.69, 9.17) is 9.08 Å². The van der Waals surface area contributed by atoms with Crippen molar-refractivity contribution < 1.29 is 22.1 Å². The van der Waals surface area contributed by atoms with Crippen molar-refractivity contribution in [3.63, 3.8) is 0 Å². The Hall–Kier alpha value is -1.80. The summed E-state index contributed by atoms with van der Waals surface area (Å²) in [6, 6.07) is 3.63. The van der Waals surface area contributed by atoms with Crippen molar-refractivity contribution in [2.24, 2.45) is 0 Å². The topological polar surface area (TPSA) is 97.2 Å². The first-order valence-corrected chi connectivity index (χ1v) is 7.30. The zero-order valence-corrected chi connectivity index (χ0v) is 11.2. The molecule has 0 saturated heterocycles. The molecule has 19 heavy (non-hydrogen) atoms. The van der Waals surface area contributed by atoms with Crippen LogP contribution in [0.5, 0.6) is 0 Å². The van der Waals surface area contributed by atoms with Crippen molar-refractivity contribution in [3.8, 4) is 11.4 Å². The van der Waals surface area contributed by atoms with Crippen molar-refractivity contribution in [2.75, 3.05) is 5.75 Å². The van der Waals surface area contributed by atoms with E-state index in [1.54, 1.807) is 19.3 Å². The van der Waals surface area contributed by atoms with E-state index < -0.39 is 10.1 Å². The van der Waals surface area contributed by atoms with Crippen molar-refractivity contribution >= 4 is 10.1 Å². The molecule has 0 radical (unpaired) electrons. The van der Waals surface area contributed by atoms with Crippen molar-refractivity contribution in [1.82, 2.24) is 10.1 Å². The van der Waals surface area contributed by atoms with E-state index in [-0.39, 0.29) is 5.75 Å². The molecule has 7 nitrogen and oxygen atoms in total. The van der Waals surface area contributed by atoms with E-state index in [9.17, 15) is 8.42 Å². The monoisotopic (exact) mass is 284 g/mol. The number of nitrogens with zero attached hydrogens (tertiary/aromatic N) is 3. The summed E-state index contributed by atoms with van der Waals surface area (Å²) in [5.74, 6) is 0.772. The van der Waals surface area contributed by atoms with Crippen molar-refractivity contribution in [3.05, 3.63) is 30.4 Å². The lowest BCUT2D eigenvalue weighted by Gasteiger charge is -1.97. The number of rotatable bonds is 5. The number of hydrogen-bond donors (Lipinski definition) is 1. The summed E-state index contributed by atoms with van der Waals surface area (Å²) in [6.07, 6.45) is 3.94. The highest BCUT2D eigenvalue weighted by Crippen LogP contribution is 2.12. The highest BCUT2D eigenvalue weighted by atomic mass is 32.2. The fraction of sp³-hybridized carbons (Fsp3) is 0.364. The van der Waals surface area contributed by atoms with E-state index >= 15 is 0 Å². The fourth-order valence-corrected chi connectivity index (χ4v) is 2.10. The minimum atomic E-state index is -3.89. The van der Waals surface area contributed by atoms with E-state index in [1.807, 2.05) is 16.7 Å². The number of aromatic nitrogens is 3. The quantitative estimate of drug-likeness (QED) is 0.638. The molecule has 8 heteroatoms. The molecular formula is C11H14N3O4S+. The maximum Gasteiger partial charge on any atom is 0.265 e. The smallest absolute Gasteiger partial charge is 0.265 e. The zero-order valence-electron chi connectivity index (χ0n) is 10.4. The molecule has 0 spiro atoms. The number of pyridine rings is 1. The van der Waals surface area contributed by atoms with Gasteiger partial charge in [0.15, 0.2) is 12.4 Å². The molecule has 0 saturated carbocycles. The summed E-state index contributed by atoms with van der Waals surface area (Å²) in [6.45, 7) is 2.22. The van der Waals surface area contributed by atoms with E-state index in [0.717, 1.165) is 5.56 Å². The van der Waals surface area contributed by atoms with Crippen LogP contribution in [-0.4, -0.2) is 28.9 Å². The molecule has 2 heterocycles.